The fourth-order valence-electron chi connectivity index (χ4n) is 2.84. The molecule has 0 aliphatic heterocycles. The first kappa shape index (κ1) is 16.6. The summed E-state index contributed by atoms with van der Waals surface area (Å²) in [7, 11) is 1.52. The van der Waals surface area contributed by atoms with E-state index in [-0.39, 0.29) is 11.3 Å². The molecule has 0 unspecified atom stereocenters. The second kappa shape index (κ2) is 6.49. The Morgan fingerprint density at radius 1 is 1.07 bits per heavy atom. The SMILES string of the molecule is Cc1nc(-c2ccccc2NC(=O)c2nn(C)c(=O)c3ccccc23)no1. The van der Waals surface area contributed by atoms with Gasteiger partial charge < -0.3 is 9.84 Å². The van der Waals surface area contributed by atoms with Crippen molar-refractivity contribution >= 4 is 22.4 Å². The summed E-state index contributed by atoms with van der Waals surface area (Å²) >= 11 is 0. The van der Waals surface area contributed by atoms with Crippen molar-refractivity contribution < 1.29 is 9.32 Å². The monoisotopic (exact) mass is 361 g/mol. The van der Waals surface area contributed by atoms with Crippen LogP contribution in [-0.2, 0) is 7.05 Å². The van der Waals surface area contributed by atoms with Gasteiger partial charge in [0.25, 0.3) is 11.5 Å². The maximum atomic E-state index is 12.9. The van der Waals surface area contributed by atoms with Crippen LogP contribution in [0.2, 0.25) is 0 Å². The van der Waals surface area contributed by atoms with Gasteiger partial charge in [0.1, 0.15) is 0 Å². The molecule has 8 heteroatoms. The number of carbonyl (C=O) groups is 1. The standard InChI is InChI=1S/C19H15N5O3/c1-11-20-17(23-27-11)14-9-5-6-10-15(14)21-18(25)16-12-7-3-4-8-13(12)19(26)24(2)22-16/h3-10H,1-2H3,(H,21,25). The number of anilines is 1. The highest BCUT2D eigenvalue weighted by molar-refractivity contribution is 6.12. The number of benzene rings is 2. The number of aryl methyl sites for hydroxylation is 2. The molecule has 1 N–H and O–H groups in total. The van der Waals surface area contributed by atoms with Crippen molar-refractivity contribution in [1.29, 1.82) is 0 Å². The van der Waals surface area contributed by atoms with Gasteiger partial charge in [0.15, 0.2) is 5.69 Å². The molecule has 0 atom stereocenters. The van der Waals surface area contributed by atoms with E-state index in [1.165, 1.54) is 7.05 Å². The molecule has 4 aromatic rings. The molecule has 0 aliphatic carbocycles. The summed E-state index contributed by atoms with van der Waals surface area (Å²) in [5.41, 5.74) is 1.04. The average molecular weight is 361 g/mol. The third-order valence-corrected chi connectivity index (χ3v) is 4.12. The van der Waals surface area contributed by atoms with E-state index in [0.29, 0.717) is 33.7 Å². The molecule has 2 heterocycles. The number of hydrogen-bond acceptors (Lipinski definition) is 6. The quantitative estimate of drug-likeness (QED) is 0.601. The minimum absolute atomic E-state index is 0.159. The van der Waals surface area contributed by atoms with Gasteiger partial charge in [-0.2, -0.15) is 10.1 Å². The lowest BCUT2D eigenvalue weighted by Crippen LogP contribution is -2.25. The van der Waals surface area contributed by atoms with Gasteiger partial charge in [0.2, 0.25) is 11.7 Å². The molecule has 0 fully saturated rings. The Bertz CT molecular complexity index is 1230. The number of hydrogen-bond donors (Lipinski definition) is 1. The molecule has 4 rings (SSSR count). The Morgan fingerprint density at radius 3 is 2.52 bits per heavy atom. The second-order valence-electron chi connectivity index (χ2n) is 5.96. The average Bonchev–Trinajstić information content (AvgIpc) is 3.11. The van der Waals surface area contributed by atoms with Gasteiger partial charge in [-0.3, -0.25) is 9.59 Å². The molecule has 0 saturated carbocycles. The number of amides is 1. The Kier molecular flexibility index (Phi) is 4.00. The normalized spacial score (nSPS) is 10.9. The summed E-state index contributed by atoms with van der Waals surface area (Å²) in [6, 6.07) is 14.0. The van der Waals surface area contributed by atoms with Crippen molar-refractivity contribution in [3.8, 4) is 11.4 Å². The molecular weight excluding hydrogens is 346 g/mol. The predicted molar refractivity (Wildman–Crippen MR) is 99.4 cm³/mol. The van der Waals surface area contributed by atoms with Crippen molar-refractivity contribution in [2.24, 2.45) is 7.05 Å². The highest BCUT2D eigenvalue weighted by Gasteiger charge is 2.18. The second-order valence-corrected chi connectivity index (χ2v) is 5.96. The zero-order valence-electron chi connectivity index (χ0n) is 14.6. The minimum Gasteiger partial charge on any atom is -0.339 e. The maximum absolute atomic E-state index is 12.9. The van der Waals surface area contributed by atoms with Gasteiger partial charge in [-0.15, -0.1) is 0 Å². The molecular formula is C19H15N5O3. The van der Waals surface area contributed by atoms with Crippen LogP contribution >= 0.6 is 0 Å². The molecule has 0 radical (unpaired) electrons. The van der Waals surface area contributed by atoms with Crippen LogP contribution in [0.15, 0.2) is 57.8 Å². The summed E-state index contributed by atoms with van der Waals surface area (Å²) in [5, 5.41) is 11.8. The van der Waals surface area contributed by atoms with Gasteiger partial charge >= 0.3 is 0 Å². The van der Waals surface area contributed by atoms with Gasteiger partial charge in [-0.05, 0) is 18.2 Å². The van der Waals surface area contributed by atoms with Crippen LogP contribution in [0.4, 0.5) is 5.69 Å². The van der Waals surface area contributed by atoms with E-state index in [0.717, 1.165) is 4.68 Å². The van der Waals surface area contributed by atoms with Gasteiger partial charge in [0.05, 0.1) is 11.1 Å². The summed E-state index contributed by atoms with van der Waals surface area (Å²) < 4.78 is 6.18. The third kappa shape index (κ3) is 2.97. The number of carbonyl (C=O) groups excluding carboxylic acids is 1. The number of aromatic nitrogens is 4. The molecule has 0 aliphatic rings. The molecule has 2 aromatic heterocycles. The topological polar surface area (TPSA) is 103 Å². The van der Waals surface area contributed by atoms with E-state index >= 15 is 0 Å². The van der Waals surface area contributed by atoms with Crippen LogP contribution in [0.5, 0.6) is 0 Å². The van der Waals surface area contributed by atoms with E-state index in [2.05, 4.69) is 20.6 Å². The Labute approximate surface area is 153 Å². The van der Waals surface area contributed by atoms with E-state index < -0.39 is 5.91 Å². The van der Waals surface area contributed by atoms with E-state index in [4.69, 9.17) is 4.52 Å². The first-order valence-corrected chi connectivity index (χ1v) is 8.21. The van der Waals surface area contributed by atoms with Gasteiger partial charge in [0, 0.05) is 24.9 Å². The van der Waals surface area contributed by atoms with Gasteiger partial charge in [-0.25, -0.2) is 4.68 Å². The van der Waals surface area contributed by atoms with Crippen LogP contribution in [0.25, 0.3) is 22.2 Å². The summed E-state index contributed by atoms with van der Waals surface area (Å²) in [5.74, 6) is 0.369. The Morgan fingerprint density at radius 2 is 1.78 bits per heavy atom. The molecule has 0 saturated heterocycles. The minimum atomic E-state index is -0.436. The summed E-state index contributed by atoms with van der Waals surface area (Å²) in [4.78, 5) is 29.4. The van der Waals surface area contributed by atoms with Crippen molar-refractivity contribution in [1.82, 2.24) is 19.9 Å². The summed E-state index contributed by atoms with van der Waals surface area (Å²) in [6.07, 6.45) is 0. The zero-order valence-corrected chi connectivity index (χ0v) is 14.6. The van der Waals surface area contributed by atoms with Crippen molar-refractivity contribution in [2.75, 3.05) is 5.32 Å². The van der Waals surface area contributed by atoms with Crippen LogP contribution in [0.3, 0.4) is 0 Å². The third-order valence-electron chi connectivity index (χ3n) is 4.12. The Balaban J connectivity index is 1.78. The summed E-state index contributed by atoms with van der Waals surface area (Å²) in [6.45, 7) is 1.69. The largest absolute Gasteiger partial charge is 0.339 e. The maximum Gasteiger partial charge on any atom is 0.276 e. The number of nitrogens with zero attached hydrogens (tertiary/aromatic N) is 4. The van der Waals surface area contributed by atoms with Crippen molar-refractivity contribution in [3.63, 3.8) is 0 Å². The van der Waals surface area contributed by atoms with Gasteiger partial charge in [-0.1, -0.05) is 35.5 Å². The fraction of sp³-hybridized carbons (Fsp3) is 0.105. The van der Waals surface area contributed by atoms with E-state index in [1.807, 2.05) is 6.07 Å². The van der Waals surface area contributed by atoms with Crippen LogP contribution in [0.1, 0.15) is 16.4 Å². The lowest BCUT2D eigenvalue weighted by Gasteiger charge is -2.11. The van der Waals surface area contributed by atoms with Crippen LogP contribution in [0, 0.1) is 6.92 Å². The molecule has 0 bridgehead atoms. The lowest BCUT2D eigenvalue weighted by molar-refractivity contribution is 0.102. The molecule has 134 valence electrons. The van der Waals surface area contributed by atoms with Crippen molar-refractivity contribution in [3.05, 3.63) is 70.5 Å². The molecule has 2 aromatic carbocycles. The number of para-hydroxylation sites is 1. The Hall–Kier alpha value is -3.81. The number of nitrogens with one attached hydrogen (secondary N) is 1. The van der Waals surface area contributed by atoms with E-state index in [9.17, 15) is 9.59 Å². The number of rotatable bonds is 3. The molecule has 1 amide bonds. The number of fused-ring (bicyclic) bond motifs is 1. The highest BCUT2D eigenvalue weighted by atomic mass is 16.5. The molecule has 27 heavy (non-hydrogen) atoms. The first-order valence-electron chi connectivity index (χ1n) is 8.21. The van der Waals surface area contributed by atoms with E-state index in [1.54, 1.807) is 49.4 Å². The zero-order chi connectivity index (χ0) is 19.0. The van der Waals surface area contributed by atoms with Crippen LogP contribution in [-0.4, -0.2) is 25.8 Å². The molecule has 8 nitrogen and oxygen atoms in total. The lowest BCUT2D eigenvalue weighted by atomic mass is 10.1. The first-order chi connectivity index (χ1) is 13.0. The molecule has 0 spiro atoms. The smallest absolute Gasteiger partial charge is 0.276 e. The van der Waals surface area contributed by atoms with Crippen LogP contribution < -0.4 is 10.9 Å². The fourth-order valence-corrected chi connectivity index (χ4v) is 2.84. The predicted octanol–water partition coefficient (Wildman–Crippen LogP) is 2.54. The van der Waals surface area contributed by atoms with Crippen molar-refractivity contribution in [2.45, 2.75) is 6.92 Å². The highest BCUT2D eigenvalue weighted by Crippen LogP contribution is 2.26.